The number of likely N-dealkylation sites (tertiary alicyclic amines) is 1. The maximum absolute atomic E-state index is 13.9. The number of benzene rings is 1. The molecule has 1 aromatic rings. The lowest BCUT2D eigenvalue weighted by atomic mass is 9.74. The van der Waals surface area contributed by atoms with Gasteiger partial charge in [-0.3, -0.25) is 34.3 Å². The number of nitrogens with zero attached hydrogens (tertiary/aromatic N) is 2. The summed E-state index contributed by atoms with van der Waals surface area (Å²) < 4.78 is 27.8. The van der Waals surface area contributed by atoms with E-state index < -0.39 is 41.1 Å². The van der Waals surface area contributed by atoms with Crippen molar-refractivity contribution >= 4 is 23.6 Å². The van der Waals surface area contributed by atoms with E-state index in [1.807, 2.05) is 4.90 Å². The zero-order valence-electron chi connectivity index (χ0n) is 17.4. The van der Waals surface area contributed by atoms with Crippen LogP contribution in [0.3, 0.4) is 0 Å². The molecule has 0 aromatic heterocycles. The molecule has 170 valence electrons. The van der Waals surface area contributed by atoms with Crippen LogP contribution in [0.1, 0.15) is 58.4 Å². The Morgan fingerprint density at radius 2 is 1.91 bits per heavy atom. The minimum absolute atomic E-state index is 0.0506. The quantitative estimate of drug-likeness (QED) is 0.671. The fraction of sp³-hybridized carbons (Fsp3) is 0.545. The molecule has 8 nitrogen and oxygen atoms in total. The van der Waals surface area contributed by atoms with Crippen LogP contribution in [0, 0.1) is 5.92 Å². The van der Waals surface area contributed by atoms with Crippen molar-refractivity contribution in [1.29, 1.82) is 0 Å². The van der Waals surface area contributed by atoms with Gasteiger partial charge >= 0.3 is 0 Å². The fourth-order valence-corrected chi connectivity index (χ4v) is 5.61. The van der Waals surface area contributed by atoms with Gasteiger partial charge in [0, 0.05) is 44.4 Å². The number of carbonyl (C=O) groups is 4. The largest absolute Gasteiger partial charge is 0.324 e. The molecule has 3 N–H and O–H groups in total. The van der Waals surface area contributed by atoms with Crippen LogP contribution in [0.2, 0.25) is 0 Å². The average Bonchev–Trinajstić information content (AvgIpc) is 3.16. The highest BCUT2D eigenvalue weighted by molar-refractivity contribution is 6.24. The molecule has 10 heteroatoms. The number of piperidine rings is 1. The van der Waals surface area contributed by atoms with E-state index in [4.69, 9.17) is 5.73 Å². The summed E-state index contributed by atoms with van der Waals surface area (Å²) in [7, 11) is 0. The van der Waals surface area contributed by atoms with Crippen LogP contribution >= 0.6 is 0 Å². The van der Waals surface area contributed by atoms with Gasteiger partial charge in [0.05, 0.1) is 11.1 Å². The molecule has 0 bridgehead atoms. The van der Waals surface area contributed by atoms with Gasteiger partial charge in [0.15, 0.2) is 0 Å². The smallest absolute Gasteiger partial charge is 0.262 e. The Balaban J connectivity index is 1.38. The maximum atomic E-state index is 13.9. The predicted molar refractivity (Wildman–Crippen MR) is 108 cm³/mol. The lowest BCUT2D eigenvalue weighted by molar-refractivity contribution is -0.136. The van der Waals surface area contributed by atoms with Gasteiger partial charge in [0.25, 0.3) is 11.8 Å². The van der Waals surface area contributed by atoms with Crippen molar-refractivity contribution in [2.75, 3.05) is 13.1 Å². The molecule has 4 aliphatic rings. The van der Waals surface area contributed by atoms with E-state index in [0.717, 1.165) is 4.90 Å². The van der Waals surface area contributed by atoms with Gasteiger partial charge in [-0.15, -0.1) is 0 Å². The summed E-state index contributed by atoms with van der Waals surface area (Å²) in [6.07, 6.45) is -0.0803. The molecular weight excluding hydrogens is 422 g/mol. The molecule has 3 atom stereocenters. The van der Waals surface area contributed by atoms with E-state index in [-0.39, 0.29) is 49.1 Å². The number of amides is 4. The second-order valence-corrected chi connectivity index (χ2v) is 9.45. The molecule has 3 heterocycles. The molecular formula is C22H24F2N4O4. The van der Waals surface area contributed by atoms with Crippen molar-refractivity contribution < 1.29 is 28.0 Å². The number of rotatable bonds is 3. The normalized spacial score (nSPS) is 32.2. The third-order valence-electron chi connectivity index (χ3n) is 7.26. The standard InChI is InChI=1S/C22H24F2N4O4/c23-22(24)7-6-21(25)11-27(10-13(21)8-22)9-12-2-1-3-14-17(12)20(32)28(19(14)31)15-4-5-16(29)26-18(15)30/h1-3,13,15H,4-11,25H2,(H,26,29,30)/t13-,15?,21-/m1/s1. The van der Waals surface area contributed by atoms with E-state index in [9.17, 15) is 28.0 Å². The van der Waals surface area contributed by atoms with E-state index in [1.54, 1.807) is 18.2 Å². The monoisotopic (exact) mass is 446 g/mol. The minimum Gasteiger partial charge on any atom is -0.324 e. The van der Waals surface area contributed by atoms with Crippen LogP contribution in [0.5, 0.6) is 0 Å². The minimum atomic E-state index is -2.71. The van der Waals surface area contributed by atoms with E-state index in [0.29, 0.717) is 25.2 Å². The zero-order valence-corrected chi connectivity index (χ0v) is 17.4. The zero-order chi connectivity index (χ0) is 22.8. The van der Waals surface area contributed by atoms with Crippen molar-refractivity contribution in [1.82, 2.24) is 15.1 Å². The summed E-state index contributed by atoms with van der Waals surface area (Å²) in [4.78, 5) is 52.8. The third-order valence-corrected chi connectivity index (χ3v) is 7.26. The molecule has 3 fully saturated rings. The molecule has 4 amide bonds. The maximum Gasteiger partial charge on any atom is 0.262 e. The van der Waals surface area contributed by atoms with Crippen molar-refractivity contribution in [3.63, 3.8) is 0 Å². The number of nitrogens with two attached hydrogens (primary N) is 1. The SMILES string of the molecule is N[C@@]12CCC(F)(F)C[C@@H]1CN(Cc1cccc3c1C(=O)N(C1CCC(=O)NC1=O)C3=O)C2. The Bertz CT molecular complexity index is 1040. The molecule has 0 spiro atoms. The molecule has 2 saturated heterocycles. The summed E-state index contributed by atoms with van der Waals surface area (Å²) >= 11 is 0. The Morgan fingerprint density at radius 1 is 1.12 bits per heavy atom. The summed E-state index contributed by atoms with van der Waals surface area (Å²) in [6, 6.07) is 3.91. The first-order valence-corrected chi connectivity index (χ1v) is 10.8. The van der Waals surface area contributed by atoms with Gasteiger partial charge < -0.3 is 5.73 Å². The van der Waals surface area contributed by atoms with Crippen LogP contribution in [0.15, 0.2) is 18.2 Å². The van der Waals surface area contributed by atoms with Crippen molar-refractivity contribution in [3.8, 4) is 0 Å². The Labute approximate surface area is 183 Å². The van der Waals surface area contributed by atoms with Crippen LogP contribution in [0.25, 0.3) is 0 Å². The first kappa shape index (κ1) is 21.1. The van der Waals surface area contributed by atoms with E-state index >= 15 is 0 Å². The summed E-state index contributed by atoms with van der Waals surface area (Å²) in [5.41, 5.74) is 6.82. The van der Waals surface area contributed by atoms with Gasteiger partial charge in [-0.25, -0.2) is 8.78 Å². The third kappa shape index (κ3) is 3.32. The number of alkyl halides is 2. The van der Waals surface area contributed by atoms with Gasteiger partial charge in [-0.05, 0) is 30.4 Å². The first-order valence-electron chi connectivity index (χ1n) is 10.8. The average molecular weight is 446 g/mol. The number of carbonyl (C=O) groups excluding carboxylic acids is 4. The summed E-state index contributed by atoms with van der Waals surface area (Å²) in [5, 5.41) is 2.18. The Kier molecular flexibility index (Phi) is 4.72. The van der Waals surface area contributed by atoms with Gasteiger partial charge in [-0.2, -0.15) is 0 Å². The molecule has 5 rings (SSSR count). The van der Waals surface area contributed by atoms with Crippen LogP contribution < -0.4 is 11.1 Å². The second-order valence-electron chi connectivity index (χ2n) is 9.45. The molecule has 1 aliphatic carbocycles. The van der Waals surface area contributed by atoms with Crippen molar-refractivity contribution in [3.05, 3.63) is 34.9 Å². The summed E-state index contributed by atoms with van der Waals surface area (Å²) in [5.74, 6) is -5.26. The first-order chi connectivity index (χ1) is 15.1. The van der Waals surface area contributed by atoms with Gasteiger partial charge in [0.2, 0.25) is 17.7 Å². The Hall–Kier alpha value is -2.72. The molecule has 1 unspecified atom stereocenters. The molecule has 3 aliphatic heterocycles. The van der Waals surface area contributed by atoms with Crippen LogP contribution in [-0.2, 0) is 16.1 Å². The summed E-state index contributed by atoms with van der Waals surface area (Å²) in [6.45, 7) is 1.14. The molecule has 1 aromatic carbocycles. The molecule has 0 radical (unpaired) electrons. The highest BCUT2D eigenvalue weighted by Crippen LogP contribution is 2.45. The van der Waals surface area contributed by atoms with E-state index in [1.165, 1.54) is 0 Å². The second kappa shape index (κ2) is 7.14. The lowest BCUT2D eigenvalue weighted by Crippen LogP contribution is -2.54. The van der Waals surface area contributed by atoms with Crippen molar-refractivity contribution in [2.24, 2.45) is 11.7 Å². The molecule has 32 heavy (non-hydrogen) atoms. The predicted octanol–water partition coefficient (Wildman–Crippen LogP) is 1.04. The highest BCUT2D eigenvalue weighted by atomic mass is 19.3. The van der Waals surface area contributed by atoms with Crippen LogP contribution in [0.4, 0.5) is 8.78 Å². The Morgan fingerprint density at radius 3 is 2.66 bits per heavy atom. The van der Waals surface area contributed by atoms with Crippen LogP contribution in [-0.4, -0.2) is 64.0 Å². The number of halogens is 2. The van der Waals surface area contributed by atoms with E-state index in [2.05, 4.69) is 5.32 Å². The number of hydrogen-bond acceptors (Lipinski definition) is 6. The number of nitrogens with one attached hydrogen (secondary N) is 1. The fourth-order valence-electron chi connectivity index (χ4n) is 5.61. The number of hydrogen-bond donors (Lipinski definition) is 2. The van der Waals surface area contributed by atoms with Gasteiger partial charge in [-0.1, -0.05) is 12.1 Å². The van der Waals surface area contributed by atoms with Crippen molar-refractivity contribution in [2.45, 2.75) is 56.2 Å². The topological polar surface area (TPSA) is 113 Å². The lowest BCUT2D eigenvalue weighted by Gasteiger charge is -2.38. The van der Waals surface area contributed by atoms with Gasteiger partial charge in [0.1, 0.15) is 6.04 Å². The number of fused-ring (bicyclic) bond motifs is 2. The highest BCUT2D eigenvalue weighted by Gasteiger charge is 2.53. The number of imide groups is 2. The molecule has 1 saturated carbocycles.